The van der Waals surface area contributed by atoms with Gasteiger partial charge in [0.25, 0.3) is 0 Å². The number of halogens is 3. The van der Waals surface area contributed by atoms with Gasteiger partial charge in [0, 0.05) is 24.7 Å². The minimum Gasteiger partial charge on any atom is -0.424 e. The van der Waals surface area contributed by atoms with Gasteiger partial charge < -0.3 is 10.1 Å². The van der Waals surface area contributed by atoms with Crippen LogP contribution < -0.4 is 10.1 Å². The number of nitrogens with zero attached hydrogens (tertiary/aromatic N) is 3. The van der Waals surface area contributed by atoms with E-state index in [0.717, 1.165) is 18.2 Å². The quantitative estimate of drug-likeness (QED) is 0.936. The molecule has 0 aliphatic heterocycles. The van der Waals surface area contributed by atoms with Gasteiger partial charge in [-0.1, -0.05) is 0 Å². The van der Waals surface area contributed by atoms with E-state index in [1.807, 2.05) is 6.92 Å². The van der Waals surface area contributed by atoms with Crippen LogP contribution in [0.3, 0.4) is 0 Å². The Hall–Kier alpha value is -2.02. The Kier molecular flexibility index (Phi) is 4.06. The zero-order valence-corrected chi connectivity index (χ0v) is 10.6. The molecule has 0 bridgehead atoms. The Bertz CT molecular complexity index is 577. The van der Waals surface area contributed by atoms with Gasteiger partial charge in [0.2, 0.25) is 11.2 Å². The number of anilines is 1. The standard InChI is InChI=1S/C11H9ClF2N4O/c1-2-15-10-16-9(12)17-11(18-10)19-8-4-6(13)3-7(14)5-8/h3-5H,2H2,1H3,(H,15,16,17,18). The normalized spacial score (nSPS) is 10.3. The van der Waals surface area contributed by atoms with Crippen LogP contribution in [0.15, 0.2) is 18.2 Å². The predicted octanol–water partition coefficient (Wildman–Crippen LogP) is 3.03. The molecule has 0 spiro atoms. The minimum absolute atomic E-state index is 0.0674. The molecule has 0 radical (unpaired) electrons. The van der Waals surface area contributed by atoms with Gasteiger partial charge in [0.1, 0.15) is 17.4 Å². The maximum atomic E-state index is 13.0. The SMILES string of the molecule is CCNc1nc(Cl)nc(Oc2cc(F)cc(F)c2)n1. The third kappa shape index (κ3) is 3.72. The van der Waals surface area contributed by atoms with E-state index in [1.165, 1.54) is 0 Å². The molecule has 5 nitrogen and oxygen atoms in total. The maximum absolute atomic E-state index is 13.0. The van der Waals surface area contributed by atoms with E-state index in [0.29, 0.717) is 6.54 Å². The van der Waals surface area contributed by atoms with Crippen LogP contribution in [0.2, 0.25) is 5.28 Å². The number of aromatic nitrogens is 3. The van der Waals surface area contributed by atoms with Crippen LogP contribution in [-0.4, -0.2) is 21.5 Å². The van der Waals surface area contributed by atoms with Gasteiger partial charge >= 0.3 is 6.01 Å². The third-order valence-corrected chi connectivity index (χ3v) is 2.14. The first-order valence-electron chi connectivity index (χ1n) is 5.36. The molecule has 1 N–H and O–H groups in total. The monoisotopic (exact) mass is 286 g/mol. The van der Waals surface area contributed by atoms with Crippen molar-refractivity contribution in [1.82, 2.24) is 15.0 Å². The molecule has 0 aliphatic rings. The van der Waals surface area contributed by atoms with Crippen LogP contribution in [0.4, 0.5) is 14.7 Å². The van der Waals surface area contributed by atoms with E-state index in [1.54, 1.807) is 0 Å². The molecule has 0 atom stereocenters. The summed E-state index contributed by atoms with van der Waals surface area (Å²) >= 11 is 5.68. The Morgan fingerprint density at radius 3 is 2.47 bits per heavy atom. The van der Waals surface area contributed by atoms with E-state index in [2.05, 4.69) is 20.3 Å². The molecule has 0 saturated heterocycles. The van der Waals surface area contributed by atoms with E-state index >= 15 is 0 Å². The lowest BCUT2D eigenvalue weighted by Crippen LogP contribution is -2.04. The first-order valence-corrected chi connectivity index (χ1v) is 5.74. The first kappa shape index (κ1) is 13.4. The number of benzene rings is 1. The Morgan fingerprint density at radius 1 is 1.16 bits per heavy atom. The van der Waals surface area contributed by atoms with Crippen molar-refractivity contribution in [2.24, 2.45) is 0 Å². The summed E-state index contributed by atoms with van der Waals surface area (Å²) in [4.78, 5) is 11.4. The van der Waals surface area contributed by atoms with Crippen molar-refractivity contribution in [3.05, 3.63) is 35.1 Å². The fourth-order valence-electron chi connectivity index (χ4n) is 1.31. The van der Waals surface area contributed by atoms with Gasteiger partial charge in [-0.2, -0.15) is 15.0 Å². The molecular weight excluding hydrogens is 278 g/mol. The fraction of sp³-hybridized carbons (Fsp3) is 0.182. The Balaban J connectivity index is 2.27. The molecule has 2 aromatic rings. The molecule has 1 aromatic heterocycles. The smallest absolute Gasteiger partial charge is 0.328 e. The number of nitrogens with one attached hydrogen (secondary N) is 1. The van der Waals surface area contributed by atoms with Crippen LogP contribution >= 0.6 is 11.6 Å². The highest BCUT2D eigenvalue weighted by Crippen LogP contribution is 2.22. The van der Waals surface area contributed by atoms with Crippen LogP contribution in [0.5, 0.6) is 11.8 Å². The van der Waals surface area contributed by atoms with Crippen LogP contribution in [0.1, 0.15) is 6.92 Å². The van der Waals surface area contributed by atoms with Gasteiger partial charge in [0.05, 0.1) is 0 Å². The predicted molar refractivity (Wildman–Crippen MR) is 65.4 cm³/mol. The van der Waals surface area contributed by atoms with Crippen molar-refractivity contribution in [2.45, 2.75) is 6.92 Å². The highest BCUT2D eigenvalue weighted by molar-refractivity contribution is 6.28. The summed E-state index contributed by atoms with van der Waals surface area (Å²) in [7, 11) is 0. The summed E-state index contributed by atoms with van der Waals surface area (Å²) in [6.45, 7) is 2.43. The molecule has 0 aliphatic carbocycles. The fourth-order valence-corrected chi connectivity index (χ4v) is 1.46. The average Bonchev–Trinajstić information content (AvgIpc) is 2.26. The zero-order chi connectivity index (χ0) is 13.8. The van der Waals surface area contributed by atoms with E-state index in [-0.39, 0.29) is 23.0 Å². The highest BCUT2D eigenvalue weighted by Gasteiger charge is 2.08. The second kappa shape index (κ2) is 5.75. The third-order valence-electron chi connectivity index (χ3n) is 1.97. The molecular formula is C11H9ClF2N4O. The molecule has 1 heterocycles. The summed E-state index contributed by atoms with van der Waals surface area (Å²) in [5.74, 6) is -1.37. The summed E-state index contributed by atoms with van der Waals surface area (Å²) < 4.78 is 31.1. The average molecular weight is 287 g/mol. The summed E-state index contributed by atoms with van der Waals surface area (Å²) in [5, 5.41) is 2.74. The summed E-state index contributed by atoms with van der Waals surface area (Å²) in [6.07, 6.45) is 0. The van der Waals surface area contributed by atoms with Crippen molar-refractivity contribution < 1.29 is 13.5 Å². The number of ether oxygens (including phenoxy) is 1. The topological polar surface area (TPSA) is 59.9 Å². The lowest BCUT2D eigenvalue weighted by atomic mass is 10.3. The second-order valence-electron chi connectivity index (χ2n) is 3.45. The van der Waals surface area contributed by atoms with Crippen molar-refractivity contribution >= 4 is 17.5 Å². The first-order chi connectivity index (χ1) is 9.06. The van der Waals surface area contributed by atoms with E-state index in [4.69, 9.17) is 16.3 Å². The molecule has 19 heavy (non-hydrogen) atoms. The molecule has 0 amide bonds. The van der Waals surface area contributed by atoms with E-state index < -0.39 is 11.6 Å². The van der Waals surface area contributed by atoms with E-state index in [9.17, 15) is 8.78 Å². The summed E-state index contributed by atoms with van der Waals surface area (Å²) in [6, 6.07) is 2.60. The van der Waals surface area contributed by atoms with Crippen molar-refractivity contribution in [3.8, 4) is 11.8 Å². The molecule has 0 fully saturated rings. The maximum Gasteiger partial charge on any atom is 0.328 e. The highest BCUT2D eigenvalue weighted by atomic mass is 35.5. The Labute approximate surface area is 112 Å². The van der Waals surface area contributed by atoms with Gasteiger partial charge in [-0.3, -0.25) is 0 Å². The van der Waals surface area contributed by atoms with Crippen LogP contribution in [0.25, 0.3) is 0 Å². The van der Waals surface area contributed by atoms with Crippen LogP contribution in [0, 0.1) is 11.6 Å². The molecule has 8 heteroatoms. The van der Waals surface area contributed by atoms with Gasteiger partial charge in [-0.05, 0) is 18.5 Å². The Morgan fingerprint density at radius 2 is 1.84 bits per heavy atom. The lowest BCUT2D eigenvalue weighted by molar-refractivity contribution is 0.431. The van der Waals surface area contributed by atoms with Gasteiger partial charge in [-0.15, -0.1) is 0 Å². The van der Waals surface area contributed by atoms with Crippen molar-refractivity contribution in [2.75, 3.05) is 11.9 Å². The number of rotatable bonds is 4. The molecule has 0 unspecified atom stereocenters. The van der Waals surface area contributed by atoms with Gasteiger partial charge in [-0.25, -0.2) is 8.78 Å². The lowest BCUT2D eigenvalue weighted by Gasteiger charge is -2.06. The largest absolute Gasteiger partial charge is 0.424 e. The molecule has 1 aromatic carbocycles. The number of hydrogen-bond acceptors (Lipinski definition) is 5. The van der Waals surface area contributed by atoms with Crippen molar-refractivity contribution in [1.29, 1.82) is 0 Å². The number of hydrogen-bond donors (Lipinski definition) is 1. The minimum atomic E-state index is -0.762. The van der Waals surface area contributed by atoms with Crippen LogP contribution in [-0.2, 0) is 0 Å². The summed E-state index contributed by atoms with van der Waals surface area (Å²) in [5.41, 5.74) is 0. The molecule has 2 rings (SSSR count). The van der Waals surface area contributed by atoms with Gasteiger partial charge in [0.15, 0.2) is 0 Å². The molecule has 0 saturated carbocycles. The van der Waals surface area contributed by atoms with Crippen molar-refractivity contribution in [3.63, 3.8) is 0 Å². The zero-order valence-electron chi connectivity index (χ0n) is 9.82. The molecule has 100 valence electrons. The second-order valence-corrected chi connectivity index (χ2v) is 3.79.